The Morgan fingerprint density at radius 3 is 2.33 bits per heavy atom. The van der Waals surface area contributed by atoms with Crippen molar-refractivity contribution in [1.82, 2.24) is 0 Å². The highest BCUT2D eigenvalue weighted by molar-refractivity contribution is 6.12. The first kappa shape index (κ1) is 18.6. The number of rotatable bonds is 5. The first-order valence-corrected chi connectivity index (χ1v) is 8.74. The molecule has 1 aliphatic rings. The van der Waals surface area contributed by atoms with Crippen LogP contribution in [-0.2, 0) is 0 Å². The van der Waals surface area contributed by atoms with Crippen LogP contribution in [0.1, 0.15) is 75.7 Å². The zero-order chi connectivity index (χ0) is 18.1. The number of ether oxygens (including phenoxy) is 2. The third kappa shape index (κ3) is 3.22. The Morgan fingerprint density at radius 2 is 1.83 bits per heavy atom. The van der Waals surface area contributed by atoms with Crippen molar-refractivity contribution in [2.75, 3.05) is 14.2 Å². The van der Waals surface area contributed by atoms with Gasteiger partial charge in [0.05, 0.1) is 19.8 Å². The van der Waals surface area contributed by atoms with Crippen LogP contribution in [0.5, 0.6) is 11.5 Å². The van der Waals surface area contributed by atoms with Crippen molar-refractivity contribution in [1.29, 1.82) is 0 Å². The Bertz CT molecular complexity index is 666. The topological polar surface area (TPSA) is 35.5 Å². The minimum Gasteiger partial charge on any atom is -0.496 e. The van der Waals surface area contributed by atoms with Crippen LogP contribution in [0.4, 0.5) is 0 Å². The average molecular weight is 330 g/mol. The highest BCUT2D eigenvalue weighted by atomic mass is 16.5. The van der Waals surface area contributed by atoms with Crippen molar-refractivity contribution < 1.29 is 14.3 Å². The van der Waals surface area contributed by atoms with Gasteiger partial charge in [-0.15, -0.1) is 0 Å². The Hall–Kier alpha value is -1.77. The maximum atomic E-state index is 13.4. The van der Waals surface area contributed by atoms with E-state index in [0.717, 1.165) is 36.1 Å². The van der Waals surface area contributed by atoms with Crippen LogP contribution in [0.25, 0.3) is 0 Å². The molecule has 0 spiro atoms. The molecule has 1 aromatic carbocycles. The van der Waals surface area contributed by atoms with Crippen LogP contribution < -0.4 is 9.47 Å². The fourth-order valence-corrected chi connectivity index (χ4v) is 3.96. The van der Waals surface area contributed by atoms with Gasteiger partial charge >= 0.3 is 0 Å². The van der Waals surface area contributed by atoms with Gasteiger partial charge < -0.3 is 9.47 Å². The van der Waals surface area contributed by atoms with Gasteiger partial charge in [0.2, 0.25) is 0 Å². The Labute approximate surface area is 146 Å². The van der Waals surface area contributed by atoms with Gasteiger partial charge in [0.1, 0.15) is 11.5 Å². The van der Waals surface area contributed by atoms with Gasteiger partial charge in [-0.25, -0.2) is 0 Å². The van der Waals surface area contributed by atoms with Crippen molar-refractivity contribution in [2.24, 2.45) is 5.41 Å². The fraction of sp³-hybridized carbons (Fsp3) is 0.571. The normalized spacial score (nSPS) is 17.2. The summed E-state index contributed by atoms with van der Waals surface area (Å²) in [5, 5.41) is 0. The number of ketones is 1. The quantitative estimate of drug-likeness (QED) is 0.665. The standard InChI is InChI=1S/C21H30O3/c1-13(2)17-16(23-6)11-10-15(20(17)24-7)19(22)18-14(3)9-8-12-21(18,4)5/h10-11,13H,8-9,12H2,1-7H3. The summed E-state index contributed by atoms with van der Waals surface area (Å²) in [7, 11) is 3.28. The SMILES string of the molecule is COc1ccc(C(=O)C2=C(C)CCCC2(C)C)c(OC)c1C(C)C. The number of hydrogen-bond donors (Lipinski definition) is 0. The molecule has 0 saturated heterocycles. The highest BCUT2D eigenvalue weighted by Crippen LogP contribution is 2.44. The lowest BCUT2D eigenvalue weighted by Gasteiger charge is -2.34. The van der Waals surface area contributed by atoms with E-state index in [4.69, 9.17) is 9.47 Å². The second-order valence-corrected chi connectivity index (χ2v) is 7.64. The molecule has 0 aliphatic heterocycles. The maximum Gasteiger partial charge on any atom is 0.193 e. The summed E-state index contributed by atoms with van der Waals surface area (Å²) >= 11 is 0. The molecular formula is C21H30O3. The lowest BCUT2D eigenvalue weighted by atomic mass is 9.70. The van der Waals surface area contributed by atoms with Gasteiger partial charge in [0.25, 0.3) is 0 Å². The third-order valence-corrected chi connectivity index (χ3v) is 5.09. The highest BCUT2D eigenvalue weighted by Gasteiger charge is 2.35. The minimum atomic E-state index is -0.0949. The molecule has 0 aromatic heterocycles. The van der Waals surface area contributed by atoms with Gasteiger partial charge in [-0.1, -0.05) is 33.3 Å². The van der Waals surface area contributed by atoms with E-state index in [2.05, 4.69) is 34.6 Å². The van der Waals surface area contributed by atoms with Gasteiger partial charge in [0.15, 0.2) is 5.78 Å². The third-order valence-electron chi connectivity index (χ3n) is 5.09. The first-order chi connectivity index (χ1) is 11.2. The first-order valence-electron chi connectivity index (χ1n) is 8.74. The molecule has 0 bridgehead atoms. The van der Waals surface area contributed by atoms with Gasteiger partial charge in [-0.05, 0) is 49.7 Å². The Morgan fingerprint density at radius 1 is 1.17 bits per heavy atom. The molecule has 0 radical (unpaired) electrons. The average Bonchev–Trinajstić information content (AvgIpc) is 2.51. The predicted octanol–water partition coefficient (Wildman–Crippen LogP) is 5.54. The predicted molar refractivity (Wildman–Crippen MR) is 98.3 cm³/mol. The summed E-state index contributed by atoms with van der Waals surface area (Å²) in [5.41, 5.74) is 3.67. The molecule has 132 valence electrons. The van der Waals surface area contributed by atoms with Crippen molar-refractivity contribution in [3.63, 3.8) is 0 Å². The van der Waals surface area contributed by atoms with Gasteiger partial charge in [-0.2, -0.15) is 0 Å². The second-order valence-electron chi connectivity index (χ2n) is 7.64. The molecule has 24 heavy (non-hydrogen) atoms. The molecule has 0 N–H and O–H groups in total. The summed E-state index contributed by atoms with van der Waals surface area (Å²) < 4.78 is 11.2. The number of methoxy groups -OCH3 is 2. The molecule has 1 aliphatic carbocycles. The monoisotopic (exact) mass is 330 g/mol. The number of carbonyl (C=O) groups is 1. The summed E-state index contributed by atoms with van der Waals surface area (Å²) in [6.45, 7) is 10.6. The second kappa shape index (κ2) is 7.00. The fourth-order valence-electron chi connectivity index (χ4n) is 3.96. The Balaban J connectivity index is 2.64. The smallest absolute Gasteiger partial charge is 0.193 e. The molecule has 3 heteroatoms. The van der Waals surface area contributed by atoms with E-state index < -0.39 is 0 Å². The number of Topliss-reactive ketones (excluding diaryl/α,β-unsaturated/α-hetero) is 1. The number of allylic oxidation sites excluding steroid dienone is 2. The molecule has 0 saturated carbocycles. The lowest BCUT2D eigenvalue weighted by molar-refractivity contribution is 0.0994. The van der Waals surface area contributed by atoms with Crippen molar-refractivity contribution >= 4 is 5.78 Å². The van der Waals surface area contributed by atoms with Crippen LogP contribution in [-0.4, -0.2) is 20.0 Å². The van der Waals surface area contributed by atoms with E-state index in [9.17, 15) is 4.79 Å². The van der Waals surface area contributed by atoms with E-state index >= 15 is 0 Å². The van der Waals surface area contributed by atoms with E-state index in [1.807, 2.05) is 12.1 Å². The molecule has 2 rings (SSSR count). The maximum absolute atomic E-state index is 13.4. The molecule has 0 heterocycles. The van der Waals surface area contributed by atoms with E-state index in [-0.39, 0.29) is 17.1 Å². The molecule has 3 nitrogen and oxygen atoms in total. The van der Waals surface area contributed by atoms with Gasteiger partial charge in [0, 0.05) is 11.1 Å². The molecule has 0 amide bonds. The molecule has 0 atom stereocenters. The van der Waals surface area contributed by atoms with Gasteiger partial charge in [-0.3, -0.25) is 4.79 Å². The van der Waals surface area contributed by atoms with Crippen LogP contribution in [0.15, 0.2) is 23.3 Å². The number of hydrogen-bond acceptors (Lipinski definition) is 3. The van der Waals surface area contributed by atoms with E-state index in [1.165, 1.54) is 5.57 Å². The zero-order valence-electron chi connectivity index (χ0n) is 16.1. The zero-order valence-corrected chi connectivity index (χ0v) is 16.1. The number of benzene rings is 1. The van der Waals surface area contributed by atoms with Crippen molar-refractivity contribution in [3.05, 3.63) is 34.4 Å². The lowest BCUT2D eigenvalue weighted by Crippen LogP contribution is -2.26. The number of carbonyl (C=O) groups excluding carboxylic acids is 1. The van der Waals surface area contributed by atoms with Crippen LogP contribution in [0.3, 0.4) is 0 Å². The molecule has 0 fully saturated rings. The summed E-state index contributed by atoms with van der Waals surface area (Å²) in [4.78, 5) is 13.4. The Kier molecular flexibility index (Phi) is 5.42. The van der Waals surface area contributed by atoms with Crippen LogP contribution in [0, 0.1) is 5.41 Å². The van der Waals surface area contributed by atoms with Crippen molar-refractivity contribution in [3.8, 4) is 11.5 Å². The minimum absolute atomic E-state index is 0.0949. The van der Waals surface area contributed by atoms with E-state index in [1.54, 1.807) is 14.2 Å². The molecular weight excluding hydrogens is 300 g/mol. The summed E-state index contributed by atoms with van der Waals surface area (Å²) in [6, 6.07) is 3.73. The molecule has 0 unspecified atom stereocenters. The summed E-state index contributed by atoms with van der Waals surface area (Å²) in [6.07, 6.45) is 3.19. The van der Waals surface area contributed by atoms with Crippen molar-refractivity contribution in [2.45, 2.75) is 59.8 Å². The largest absolute Gasteiger partial charge is 0.496 e. The summed E-state index contributed by atoms with van der Waals surface area (Å²) in [5.74, 6) is 1.72. The molecule has 1 aromatic rings. The van der Waals surface area contributed by atoms with E-state index in [0.29, 0.717) is 11.3 Å². The van der Waals surface area contributed by atoms with Crippen LogP contribution >= 0.6 is 0 Å². The van der Waals surface area contributed by atoms with Crippen LogP contribution in [0.2, 0.25) is 0 Å².